The van der Waals surface area contributed by atoms with Gasteiger partial charge in [0.1, 0.15) is 0 Å². The molecule has 2 fully saturated rings. The summed E-state index contributed by atoms with van der Waals surface area (Å²) in [4.78, 5) is 0.348. The van der Waals surface area contributed by atoms with Gasteiger partial charge in [-0.05, 0) is 67.2 Å². The minimum Gasteiger partial charge on any atom is -0.326 e. The minimum absolute atomic E-state index is 0.348. The van der Waals surface area contributed by atoms with Gasteiger partial charge >= 0.3 is 0 Å². The van der Waals surface area contributed by atoms with Crippen molar-refractivity contribution in [2.24, 2.45) is 23.5 Å². The molecule has 0 aliphatic heterocycles. The third-order valence-electron chi connectivity index (χ3n) is 5.26. The Morgan fingerprint density at radius 2 is 2.10 bits per heavy atom. The molecule has 4 nitrogen and oxygen atoms in total. The maximum absolute atomic E-state index is 12.4. The predicted octanol–water partition coefficient (Wildman–Crippen LogP) is 2.17. The van der Waals surface area contributed by atoms with Gasteiger partial charge in [0, 0.05) is 13.1 Å². The van der Waals surface area contributed by atoms with E-state index in [2.05, 4.69) is 4.72 Å². The number of sulfonamides is 1. The molecule has 116 valence electrons. The lowest BCUT2D eigenvalue weighted by atomic mass is 9.89. The molecule has 0 saturated heterocycles. The third kappa shape index (κ3) is 3.00. The van der Waals surface area contributed by atoms with Crippen molar-refractivity contribution in [3.63, 3.8) is 0 Å². The van der Waals surface area contributed by atoms with E-state index in [1.54, 1.807) is 18.2 Å². The van der Waals surface area contributed by atoms with Gasteiger partial charge in [0.15, 0.2) is 0 Å². The van der Waals surface area contributed by atoms with Crippen molar-refractivity contribution < 1.29 is 8.42 Å². The standard InChI is InChI=1S/C16H24N2O2S/c1-11-6-16(5-4-14(11)9-17)21(19,20)18-10-15-8-12-2-3-13(15)7-12/h4-6,12-13,15,18H,2-3,7-10,17H2,1H3. The molecule has 1 aromatic rings. The lowest BCUT2D eigenvalue weighted by Gasteiger charge is -2.21. The average Bonchev–Trinajstić information content (AvgIpc) is 3.07. The highest BCUT2D eigenvalue weighted by Crippen LogP contribution is 2.48. The van der Waals surface area contributed by atoms with Crippen LogP contribution in [0.15, 0.2) is 23.1 Å². The molecule has 0 heterocycles. The molecule has 0 spiro atoms. The molecular formula is C16H24N2O2S. The van der Waals surface area contributed by atoms with Gasteiger partial charge in [0.2, 0.25) is 10.0 Å². The third-order valence-corrected chi connectivity index (χ3v) is 6.69. The second kappa shape index (κ2) is 5.71. The van der Waals surface area contributed by atoms with Crippen molar-refractivity contribution in [1.82, 2.24) is 4.72 Å². The molecule has 5 heteroatoms. The highest BCUT2D eigenvalue weighted by Gasteiger charge is 2.39. The maximum atomic E-state index is 12.4. The molecule has 0 aromatic heterocycles. The van der Waals surface area contributed by atoms with Gasteiger partial charge in [-0.1, -0.05) is 12.5 Å². The average molecular weight is 308 g/mol. The van der Waals surface area contributed by atoms with E-state index < -0.39 is 10.0 Å². The van der Waals surface area contributed by atoms with Crippen molar-refractivity contribution in [2.45, 2.75) is 44.0 Å². The van der Waals surface area contributed by atoms with E-state index in [1.807, 2.05) is 6.92 Å². The first kappa shape index (κ1) is 15.0. The highest BCUT2D eigenvalue weighted by atomic mass is 32.2. The Bertz CT molecular complexity index is 627. The predicted molar refractivity (Wildman–Crippen MR) is 83.2 cm³/mol. The smallest absolute Gasteiger partial charge is 0.240 e. The Morgan fingerprint density at radius 1 is 1.29 bits per heavy atom. The minimum atomic E-state index is -3.40. The Morgan fingerprint density at radius 3 is 2.67 bits per heavy atom. The van der Waals surface area contributed by atoms with Crippen LogP contribution >= 0.6 is 0 Å². The number of hydrogen-bond acceptors (Lipinski definition) is 3. The van der Waals surface area contributed by atoms with Crippen LogP contribution < -0.4 is 10.5 Å². The monoisotopic (exact) mass is 308 g/mol. The molecule has 3 atom stereocenters. The highest BCUT2D eigenvalue weighted by molar-refractivity contribution is 7.89. The van der Waals surface area contributed by atoms with Gasteiger partial charge in [0.25, 0.3) is 0 Å². The van der Waals surface area contributed by atoms with Crippen LogP contribution in [-0.4, -0.2) is 15.0 Å². The van der Waals surface area contributed by atoms with Gasteiger partial charge in [-0.2, -0.15) is 0 Å². The van der Waals surface area contributed by atoms with Crippen LogP contribution in [0, 0.1) is 24.7 Å². The van der Waals surface area contributed by atoms with Crippen LogP contribution in [0.5, 0.6) is 0 Å². The summed E-state index contributed by atoms with van der Waals surface area (Å²) in [6.07, 6.45) is 5.12. The summed E-state index contributed by atoms with van der Waals surface area (Å²) in [6, 6.07) is 5.17. The molecule has 0 radical (unpaired) electrons. The first-order chi connectivity index (χ1) is 9.99. The summed E-state index contributed by atoms with van der Waals surface area (Å²) in [5.41, 5.74) is 7.54. The van der Waals surface area contributed by atoms with Crippen molar-refractivity contribution in [3.05, 3.63) is 29.3 Å². The van der Waals surface area contributed by atoms with E-state index in [0.717, 1.165) is 23.0 Å². The van der Waals surface area contributed by atoms with Crippen LogP contribution in [0.3, 0.4) is 0 Å². The summed E-state index contributed by atoms with van der Waals surface area (Å²) in [5.74, 6) is 2.11. The van der Waals surface area contributed by atoms with Crippen LogP contribution in [0.25, 0.3) is 0 Å². The number of hydrogen-bond donors (Lipinski definition) is 2. The number of benzene rings is 1. The zero-order chi connectivity index (χ0) is 15.0. The summed E-state index contributed by atoms with van der Waals surface area (Å²) in [5, 5.41) is 0. The van der Waals surface area contributed by atoms with E-state index in [0.29, 0.717) is 23.9 Å². The molecule has 0 amide bonds. The number of fused-ring (bicyclic) bond motifs is 2. The fourth-order valence-electron chi connectivity index (χ4n) is 3.99. The molecule has 2 aliphatic rings. The second-order valence-electron chi connectivity index (χ2n) is 6.58. The van der Waals surface area contributed by atoms with E-state index in [-0.39, 0.29) is 0 Å². The number of nitrogens with one attached hydrogen (secondary N) is 1. The van der Waals surface area contributed by atoms with Crippen LogP contribution in [0.2, 0.25) is 0 Å². The SMILES string of the molecule is Cc1cc(S(=O)(=O)NCC2CC3CCC2C3)ccc1CN. The molecular weight excluding hydrogens is 284 g/mol. The molecule has 2 bridgehead atoms. The van der Waals surface area contributed by atoms with Crippen molar-refractivity contribution in [3.8, 4) is 0 Å². The first-order valence-corrected chi connectivity index (χ1v) is 9.27. The molecule has 3 N–H and O–H groups in total. The summed E-state index contributed by atoms with van der Waals surface area (Å²) in [6.45, 7) is 2.92. The van der Waals surface area contributed by atoms with E-state index >= 15 is 0 Å². The zero-order valence-corrected chi connectivity index (χ0v) is 13.3. The molecule has 21 heavy (non-hydrogen) atoms. The van der Waals surface area contributed by atoms with Crippen LogP contribution in [0.4, 0.5) is 0 Å². The molecule has 3 unspecified atom stereocenters. The van der Waals surface area contributed by atoms with Gasteiger partial charge in [-0.15, -0.1) is 0 Å². The zero-order valence-electron chi connectivity index (χ0n) is 12.5. The van der Waals surface area contributed by atoms with Crippen molar-refractivity contribution >= 4 is 10.0 Å². The van der Waals surface area contributed by atoms with Gasteiger partial charge in [0.05, 0.1) is 4.90 Å². The van der Waals surface area contributed by atoms with Crippen molar-refractivity contribution in [1.29, 1.82) is 0 Å². The Balaban J connectivity index is 1.67. The molecule has 2 aliphatic carbocycles. The number of nitrogens with two attached hydrogens (primary N) is 1. The Hall–Kier alpha value is -0.910. The topological polar surface area (TPSA) is 72.2 Å². The summed E-state index contributed by atoms with van der Waals surface area (Å²) in [7, 11) is -3.40. The van der Waals surface area contributed by atoms with E-state index in [4.69, 9.17) is 5.73 Å². The van der Waals surface area contributed by atoms with Gasteiger partial charge in [-0.25, -0.2) is 13.1 Å². The lowest BCUT2D eigenvalue weighted by Crippen LogP contribution is -2.31. The fourth-order valence-corrected chi connectivity index (χ4v) is 5.17. The van der Waals surface area contributed by atoms with Crippen LogP contribution in [0.1, 0.15) is 36.8 Å². The number of rotatable bonds is 5. The normalized spacial score (nSPS) is 28.2. The summed E-state index contributed by atoms with van der Waals surface area (Å²) >= 11 is 0. The molecule has 1 aromatic carbocycles. The maximum Gasteiger partial charge on any atom is 0.240 e. The van der Waals surface area contributed by atoms with Crippen LogP contribution in [-0.2, 0) is 16.6 Å². The van der Waals surface area contributed by atoms with E-state index in [1.165, 1.54) is 25.7 Å². The fraction of sp³-hybridized carbons (Fsp3) is 0.625. The van der Waals surface area contributed by atoms with Gasteiger partial charge < -0.3 is 5.73 Å². The van der Waals surface area contributed by atoms with Crippen molar-refractivity contribution in [2.75, 3.05) is 6.54 Å². The Kier molecular flexibility index (Phi) is 4.08. The lowest BCUT2D eigenvalue weighted by molar-refractivity contribution is 0.333. The van der Waals surface area contributed by atoms with Gasteiger partial charge in [-0.3, -0.25) is 0 Å². The quantitative estimate of drug-likeness (QED) is 0.875. The number of aryl methyl sites for hydroxylation is 1. The van der Waals surface area contributed by atoms with E-state index in [9.17, 15) is 8.42 Å². The first-order valence-electron chi connectivity index (χ1n) is 7.79. The second-order valence-corrected chi connectivity index (χ2v) is 8.35. The molecule has 2 saturated carbocycles. The largest absolute Gasteiger partial charge is 0.326 e. The molecule has 3 rings (SSSR count). The summed E-state index contributed by atoms with van der Waals surface area (Å²) < 4.78 is 27.6. The Labute approximate surface area is 127 Å².